The second-order valence-electron chi connectivity index (χ2n) is 2.70. The predicted octanol–water partition coefficient (Wildman–Crippen LogP) is 2.18. The van der Waals surface area contributed by atoms with E-state index in [-0.39, 0.29) is 12.5 Å². The highest BCUT2D eigenvalue weighted by Gasteiger charge is 1.98. The van der Waals surface area contributed by atoms with Crippen molar-refractivity contribution in [3.63, 3.8) is 0 Å². The van der Waals surface area contributed by atoms with Crippen LogP contribution in [0.2, 0.25) is 0 Å². The summed E-state index contributed by atoms with van der Waals surface area (Å²) in [7, 11) is 0. The lowest BCUT2D eigenvalue weighted by molar-refractivity contribution is 0.481. The lowest BCUT2D eigenvalue weighted by Crippen LogP contribution is -2.04. The van der Waals surface area contributed by atoms with Crippen molar-refractivity contribution < 1.29 is 8.78 Å². The fourth-order valence-electron chi connectivity index (χ4n) is 0.984. The zero-order valence-corrected chi connectivity index (χ0v) is 7.19. The second kappa shape index (κ2) is 4.64. The molecule has 0 saturated heterocycles. The van der Waals surface area contributed by atoms with Gasteiger partial charge in [-0.1, -0.05) is 0 Å². The number of benzene rings is 1. The Balaban J connectivity index is 2.56. The first-order valence-electron chi connectivity index (χ1n) is 4.09. The van der Waals surface area contributed by atoms with Gasteiger partial charge in [0.25, 0.3) is 0 Å². The quantitative estimate of drug-likeness (QED) is 0.558. The smallest absolute Gasteiger partial charge is 0.125 e. The van der Waals surface area contributed by atoms with E-state index in [1.807, 2.05) is 0 Å². The van der Waals surface area contributed by atoms with Crippen LogP contribution in [0.15, 0.2) is 18.2 Å². The van der Waals surface area contributed by atoms with Crippen molar-refractivity contribution in [3.05, 3.63) is 24.0 Å². The van der Waals surface area contributed by atoms with Crippen molar-refractivity contribution >= 4 is 11.4 Å². The Hall–Kier alpha value is -1.32. The zero-order chi connectivity index (χ0) is 9.68. The summed E-state index contributed by atoms with van der Waals surface area (Å²) in [5, 5.41) is 2.91. The van der Waals surface area contributed by atoms with Crippen molar-refractivity contribution in [1.29, 1.82) is 0 Å². The van der Waals surface area contributed by atoms with Gasteiger partial charge < -0.3 is 11.1 Å². The van der Waals surface area contributed by atoms with Gasteiger partial charge in [-0.25, -0.2) is 4.39 Å². The summed E-state index contributed by atoms with van der Waals surface area (Å²) < 4.78 is 24.3. The van der Waals surface area contributed by atoms with E-state index in [0.717, 1.165) is 0 Å². The first-order chi connectivity index (χ1) is 6.24. The van der Waals surface area contributed by atoms with Gasteiger partial charge in [0.05, 0.1) is 18.0 Å². The molecule has 0 aliphatic heterocycles. The molecule has 13 heavy (non-hydrogen) atoms. The normalized spacial score (nSPS) is 10.0. The molecule has 0 radical (unpaired) electrons. The molecule has 72 valence electrons. The number of nitrogens with one attached hydrogen (secondary N) is 1. The van der Waals surface area contributed by atoms with Crippen LogP contribution in [0.25, 0.3) is 0 Å². The SMILES string of the molecule is Nc1cc(F)ccc1NCCCF. The summed E-state index contributed by atoms with van der Waals surface area (Å²) in [6, 6.07) is 4.09. The molecular weight excluding hydrogens is 174 g/mol. The molecule has 0 amide bonds. The van der Waals surface area contributed by atoms with E-state index >= 15 is 0 Å². The van der Waals surface area contributed by atoms with E-state index in [4.69, 9.17) is 5.73 Å². The molecular formula is C9H12F2N2. The molecule has 0 saturated carbocycles. The van der Waals surface area contributed by atoms with E-state index in [2.05, 4.69) is 5.32 Å². The maximum Gasteiger partial charge on any atom is 0.125 e. The van der Waals surface area contributed by atoms with Crippen LogP contribution in [0.1, 0.15) is 6.42 Å². The third-order valence-electron chi connectivity index (χ3n) is 1.64. The summed E-state index contributed by atoms with van der Waals surface area (Å²) in [4.78, 5) is 0. The number of hydrogen-bond acceptors (Lipinski definition) is 2. The van der Waals surface area contributed by atoms with Gasteiger partial charge in [0.2, 0.25) is 0 Å². The Morgan fingerprint density at radius 2 is 2.15 bits per heavy atom. The summed E-state index contributed by atoms with van der Waals surface area (Å²) >= 11 is 0. The van der Waals surface area contributed by atoms with Crippen molar-refractivity contribution in [2.75, 3.05) is 24.3 Å². The van der Waals surface area contributed by atoms with E-state index in [9.17, 15) is 8.78 Å². The molecule has 0 unspecified atom stereocenters. The fourth-order valence-corrected chi connectivity index (χ4v) is 0.984. The molecule has 1 aromatic carbocycles. The maximum absolute atomic E-state index is 12.6. The highest BCUT2D eigenvalue weighted by Crippen LogP contribution is 2.18. The fraction of sp³-hybridized carbons (Fsp3) is 0.333. The lowest BCUT2D eigenvalue weighted by Gasteiger charge is -2.07. The van der Waals surface area contributed by atoms with Crippen LogP contribution >= 0.6 is 0 Å². The Kier molecular flexibility index (Phi) is 3.49. The standard InChI is InChI=1S/C9H12F2N2/c10-4-1-5-13-9-3-2-7(11)6-8(9)12/h2-3,6,13H,1,4-5,12H2. The van der Waals surface area contributed by atoms with Crippen molar-refractivity contribution in [2.24, 2.45) is 0 Å². The van der Waals surface area contributed by atoms with Gasteiger partial charge in [0.1, 0.15) is 5.82 Å². The third kappa shape index (κ3) is 2.89. The first-order valence-corrected chi connectivity index (χ1v) is 4.09. The molecule has 0 aliphatic rings. The second-order valence-corrected chi connectivity index (χ2v) is 2.70. The molecule has 0 aromatic heterocycles. The number of rotatable bonds is 4. The van der Waals surface area contributed by atoms with E-state index in [0.29, 0.717) is 24.3 Å². The van der Waals surface area contributed by atoms with Gasteiger partial charge in [-0.05, 0) is 24.6 Å². The molecule has 2 nitrogen and oxygen atoms in total. The Bertz CT molecular complexity index is 276. The van der Waals surface area contributed by atoms with Crippen LogP contribution in [0.4, 0.5) is 20.2 Å². The first kappa shape index (κ1) is 9.77. The molecule has 1 aromatic rings. The molecule has 0 atom stereocenters. The molecule has 3 N–H and O–H groups in total. The van der Waals surface area contributed by atoms with E-state index in [1.165, 1.54) is 12.1 Å². The van der Waals surface area contributed by atoms with Gasteiger partial charge >= 0.3 is 0 Å². The van der Waals surface area contributed by atoms with Crippen LogP contribution in [0, 0.1) is 5.82 Å². The third-order valence-corrected chi connectivity index (χ3v) is 1.64. The molecule has 0 aliphatic carbocycles. The van der Waals surface area contributed by atoms with Gasteiger partial charge in [0, 0.05) is 6.54 Å². The van der Waals surface area contributed by atoms with Crippen LogP contribution in [0.5, 0.6) is 0 Å². The molecule has 0 heterocycles. The Morgan fingerprint density at radius 3 is 2.77 bits per heavy atom. The summed E-state index contributed by atoms with van der Waals surface area (Å²) in [6.07, 6.45) is 0.427. The Morgan fingerprint density at radius 1 is 1.38 bits per heavy atom. The molecule has 0 spiro atoms. The van der Waals surface area contributed by atoms with Crippen LogP contribution < -0.4 is 11.1 Å². The Labute approximate surface area is 75.7 Å². The van der Waals surface area contributed by atoms with Gasteiger partial charge in [-0.15, -0.1) is 0 Å². The maximum atomic E-state index is 12.6. The number of hydrogen-bond donors (Lipinski definition) is 2. The summed E-state index contributed by atoms with van der Waals surface area (Å²) in [5.74, 6) is -0.367. The minimum absolute atomic E-state index is 0.346. The van der Waals surface area contributed by atoms with Crippen LogP contribution in [0.3, 0.4) is 0 Å². The van der Waals surface area contributed by atoms with Gasteiger partial charge in [-0.2, -0.15) is 0 Å². The molecule has 0 bridgehead atoms. The average molecular weight is 186 g/mol. The lowest BCUT2D eigenvalue weighted by atomic mass is 10.2. The van der Waals surface area contributed by atoms with Crippen LogP contribution in [-0.2, 0) is 0 Å². The highest BCUT2D eigenvalue weighted by atomic mass is 19.1. The number of alkyl halides is 1. The van der Waals surface area contributed by atoms with Crippen molar-refractivity contribution in [3.8, 4) is 0 Å². The molecule has 1 rings (SSSR count). The van der Waals surface area contributed by atoms with Crippen molar-refractivity contribution in [1.82, 2.24) is 0 Å². The largest absolute Gasteiger partial charge is 0.397 e. The van der Waals surface area contributed by atoms with Gasteiger partial charge in [-0.3, -0.25) is 4.39 Å². The number of halogens is 2. The van der Waals surface area contributed by atoms with Gasteiger partial charge in [0.15, 0.2) is 0 Å². The monoisotopic (exact) mass is 186 g/mol. The van der Waals surface area contributed by atoms with Crippen LogP contribution in [-0.4, -0.2) is 13.2 Å². The number of anilines is 2. The summed E-state index contributed by atoms with van der Waals surface area (Å²) in [5.41, 5.74) is 6.50. The number of nitrogen functional groups attached to an aromatic ring is 1. The molecule has 4 heteroatoms. The topological polar surface area (TPSA) is 38.0 Å². The van der Waals surface area contributed by atoms with E-state index < -0.39 is 0 Å². The minimum atomic E-state index is -0.367. The highest BCUT2D eigenvalue weighted by molar-refractivity contribution is 5.65. The number of nitrogens with two attached hydrogens (primary N) is 1. The van der Waals surface area contributed by atoms with Crippen molar-refractivity contribution in [2.45, 2.75) is 6.42 Å². The average Bonchev–Trinajstić information content (AvgIpc) is 2.09. The predicted molar refractivity (Wildman–Crippen MR) is 49.9 cm³/mol. The van der Waals surface area contributed by atoms with E-state index in [1.54, 1.807) is 6.07 Å². The zero-order valence-electron chi connectivity index (χ0n) is 7.19. The summed E-state index contributed by atoms with van der Waals surface area (Å²) in [6.45, 7) is 0.139. The molecule has 0 fully saturated rings. The minimum Gasteiger partial charge on any atom is -0.397 e.